The lowest BCUT2D eigenvalue weighted by Crippen LogP contribution is -2.48. The Bertz CT molecular complexity index is 915. The normalized spacial score (nSPS) is 16.5. The molecule has 1 aromatic carbocycles. The van der Waals surface area contributed by atoms with Crippen LogP contribution in [0, 0.1) is 0 Å². The lowest BCUT2D eigenvalue weighted by Gasteiger charge is -2.33. The van der Waals surface area contributed by atoms with Crippen molar-refractivity contribution in [2.45, 2.75) is 17.7 Å². The Hall–Kier alpha value is -2.00. The monoisotopic (exact) mass is 419 g/mol. The first-order valence-electron chi connectivity index (χ1n) is 9.22. The van der Waals surface area contributed by atoms with Crippen molar-refractivity contribution < 1.29 is 13.2 Å². The maximum atomic E-state index is 12.9. The van der Waals surface area contributed by atoms with Gasteiger partial charge in [0.1, 0.15) is 4.21 Å². The van der Waals surface area contributed by atoms with Gasteiger partial charge in [-0.2, -0.15) is 4.31 Å². The van der Waals surface area contributed by atoms with Crippen LogP contribution in [0.1, 0.15) is 17.4 Å². The fraction of sp³-hybridized carbons (Fsp3) is 0.350. The van der Waals surface area contributed by atoms with Crippen LogP contribution >= 0.6 is 11.3 Å². The van der Waals surface area contributed by atoms with E-state index in [1.807, 2.05) is 18.2 Å². The Balaban J connectivity index is 1.52. The minimum absolute atomic E-state index is 0.129. The summed E-state index contributed by atoms with van der Waals surface area (Å²) in [7, 11) is -3.47. The lowest BCUT2D eigenvalue weighted by molar-refractivity contribution is -0.119. The molecule has 150 valence electrons. The van der Waals surface area contributed by atoms with Crippen molar-refractivity contribution in [3.63, 3.8) is 0 Å². The van der Waals surface area contributed by atoms with Crippen LogP contribution < -0.4 is 5.32 Å². The number of nitrogens with one attached hydrogen (secondary N) is 1. The summed E-state index contributed by atoms with van der Waals surface area (Å²) in [4.78, 5) is 14.1. The maximum Gasteiger partial charge on any atom is 0.252 e. The zero-order valence-corrected chi connectivity index (χ0v) is 17.5. The van der Waals surface area contributed by atoms with Gasteiger partial charge in [-0.1, -0.05) is 42.5 Å². The van der Waals surface area contributed by atoms with Crippen LogP contribution in [0.3, 0.4) is 0 Å². The molecule has 8 heteroatoms. The number of sulfonamides is 1. The second-order valence-corrected chi connectivity index (χ2v) is 9.98. The number of rotatable bonds is 7. The van der Waals surface area contributed by atoms with Crippen molar-refractivity contribution in [3.8, 4) is 0 Å². The Morgan fingerprint density at radius 3 is 2.50 bits per heavy atom. The van der Waals surface area contributed by atoms with E-state index in [0.717, 1.165) is 17.0 Å². The second kappa shape index (κ2) is 9.47. The number of carbonyl (C=O) groups excluding carboxylic acids is 1. The molecular formula is C20H25N3O3S2. The van der Waals surface area contributed by atoms with Crippen molar-refractivity contribution in [2.24, 2.45) is 0 Å². The predicted octanol–water partition coefficient (Wildman–Crippen LogP) is 2.40. The number of benzene rings is 1. The highest BCUT2D eigenvalue weighted by molar-refractivity contribution is 7.91. The lowest BCUT2D eigenvalue weighted by atomic mass is 10.2. The quantitative estimate of drug-likeness (QED) is 0.748. The molecule has 1 fully saturated rings. The summed E-state index contributed by atoms with van der Waals surface area (Å²) in [6.07, 6.45) is 4.21. The molecule has 0 bridgehead atoms. The average molecular weight is 420 g/mol. The second-order valence-electron chi connectivity index (χ2n) is 6.65. The molecule has 1 saturated heterocycles. The van der Waals surface area contributed by atoms with Gasteiger partial charge in [0.05, 0.1) is 6.54 Å². The van der Waals surface area contributed by atoms with Crippen molar-refractivity contribution in [2.75, 3.05) is 32.7 Å². The molecular weight excluding hydrogens is 394 g/mol. The molecule has 0 radical (unpaired) electrons. The number of thiophene rings is 1. The third-order valence-electron chi connectivity index (χ3n) is 4.55. The number of carbonyl (C=O) groups is 1. The van der Waals surface area contributed by atoms with Crippen LogP contribution in [0.4, 0.5) is 0 Å². The van der Waals surface area contributed by atoms with Gasteiger partial charge >= 0.3 is 0 Å². The molecule has 6 nitrogen and oxygen atoms in total. The van der Waals surface area contributed by atoms with Crippen LogP contribution in [-0.2, 0) is 21.4 Å². The fourth-order valence-electron chi connectivity index (χ4n) is 2.99. The Labute approximate surface area is 170 Å². The molecule has 3 rings (SSSR count). The summed E-state index contributed by atoms with van der Waals surface area (Å²) in [5.41, 5.74) is 1.16. The number of piperazine rings is 1. The maximum absolute atomic E-state index is 12.9. The van der Waals surface area contributed by atoms with E-state index in [0.29, 0.717) is 36.9 Å². The molecule has 28 heavy (non-hydrogen) atoms. The Morgan fingerprint density at radius 1 is 1.11 bits per heavy atom. The molecule has 1 aliphatic heterocycles. The summed E-state index contributed by atoms with van der Waals surface area (Å²) in [5, 5.41) is 2.69. The largest absolute Gasteiger partial charge is 0.351 e. The zero-order valence-electron chi connectivity index (χ0n) is 15.9. The Kier molecular flexibility index (Phi) is 7.01. The van der Waals surface area contributed by atoms with E-state index < -0.39 is 10.0 Å². The van der Waals surface area contributed by atoms with Gasteiger partial charge in [-0.3, -0.25) is 9.69 Å². The van der Waals surface area contributed by atoms with Crippen molar-refractivity contribution >= 4 is 33.3 Å². The van der Waals surface area contributed by atoms with E-state index in [9.17, 15) is 13.2 Å². The van der Waals surface area contributed by atoms with E-state index in [2.05, 4.69) is 34.5 Å². The fourth-order valence-corrected chi connectivity index (χ4v) is 5.86. The Morgan fingerprint density at radius 2 is 1.82 bits per heavy atom. The third kappa shape index (κ3) is 5.51. The first-order chi connectivity index (χ1) is 13.4. The highest BCUT2D eigenvalue weighted by atomic mass is 32.2. The molecule has 0 aliphatic carbocycles. The minimum atomic E-state index is -3.47. The summed E-state index contributed by atoms with van der Waals surface area (Å²) in [6.45, 7) is 5.01. The standard InChI is InChI=1S/C20H25N3O3S2/c1-17(24)21-16-19-9-10-20(27-19)28(25,26)23-14-12-22(13-15-23)11-5-8-18-6-3-2-4-7-18/h2-10H,11-16H2,1H3,(H,21,24)/b8-5+. The highest BCUT2D eigenvalue weighted by Gasteiger charge is 2.29. The number of nitrogens with zero attached hydrogens (tertiary/aromatic N) is 2. The van der Waals surface area contributed by atoms with Gasteiger partial charge in [0, 0.05) is 44.5 Å². The van der Waals surface area contributed by atoms with Gasteiger partial charge in [0.15, 0.2) is 0 Å². The predicted molar refractivity (Wildman–Crippen MR) is 113 cm³/mol. The van der Waals surface area contributed by atoms with Gasteiger partial charge < -0.3 is 5.32 Å². The molecule has 1 N–H and O–H groups in total. The topological polar surface area (TPSA) is 69.7 Å². The van der Waals surface area contributed by atoms with Gasteiger partial charge in [-0.15, -0.1) is 11.3 Å². The molecule has 1 amide bonds. The molecule has 0 unspecified atom stereocenters. The molecule has 0 atom stereocenters. The molecule has 1 aromatic heterocycles. The SMILES string of the molecule is CC(=O)NCc1ccc(S(=O)(=O)N2CCN(C/C=C/c3ccccc3)CC2)s1. The van der Waals surface area contributed by atoms with Gasteiger partial charge in [-0.05, 0) is 17.7 Å². The van der Waals surface area contributed by atoms with Crippen LogP contribution in [0.2, 0.25) is 0 Å². The van der Waals surface area contributed by atoms with Gasteiger partial charge in [-0.25, -0.2) is 8.42 Å². The van der Waals surface area contributed by atoms with Crippen molar-refractivity contribution in [1.82, 2.24) is 14.5 Å². The molecule has 1 aliphatic rings. The van der Waals surface area contributed by atoms with E-state index in [1.165, 1.54) is 18.3 Å². The average Bonchev–Trinajstić information content (AvgIpc) is 3.18. The summed E-state index contributed by atoms with van der Waals surface area (Å²) < 4.78 is 27.6. The van der Waals surface area contributed by atoms with Crippen LogP contribution in [0.5, 0.6) is 0 Å². The summed E-state index contributed by atoms with van der Waals surface area (Å²) in [6, 6.07) is 13.5. The smallest absolute Gasteiger partial charge is 0.252 e. The zero-order chi connectivity index (χ0) is 20.0. The van der Waals surface area contributed by atoms with Crippen LogP contribution in [0.15, 0.2) is 52.7 Å². The van der Waals surface area contributed by atoms with Crippen LogP contribution in [-0.4, -0.2) is 56.3 Å². The minimum Gasteiger partial charge on any atom is -0.351 e. The van der Waals surface area contributed by atoms with Crippen LogP contribution in [0.25, 0.3) is 6.08 Å². The van der Waals surface area contributed by atoms with E-state index in [4.69, 9.17) is 0 Å². The third-order valence-corrected chi connectivity index (χ3v) is 8.00. The van der Waals surface area contributed by atoms with E-state index >= 15 is 0 Å². The van der Waals surface area contributed by atoms with E-state index in [1.54, 1.807) is 16.4 Å². The number of hydrogen-bond donors (Lipinski definition) is 1. The molecule has 0 saturated carbocycles. The van der Waals surface area contributed by atoms with Gasteiger partial charge in [0.25, 0.3) is 10.0 Å². The van der Waals surface area contributed by atoms with Crippen molar-refractivity contribution in [3.05, 3.63) is 59.0 Å². The summed E-state index contributed by atoms with van der Waals surface area (Å²) >= 11 is 1.22. The summed E-state index contributed by atoms with van der Waals surface area (Å²) in [5.74, 6) is -0.129. The first kappa shape index (κ1) is 20.7. The van der Waals surface area contributed by atoms with Gasteiger partial charge in [0.2, 0.25) is 5.91 Å². The molecule has 0 spiro atoms. The molecule has 2 heterocycles. The first-order valence-corrected chi connectivity index (χ1v) is 11.5. The number of hydrogen-bond acceptors (Lipinski definition) is 5. The number of amides is 1. The van der Waals surface area contributed by atoms with Crippen molar-refractivity contribution in [1.29, 1.82) is 0 Å². The highest BCUT2D eigenvalue weighted by Crippen LogP contribution is 2.25. The van der Waals surface area contributed by atoms with E-state index in [-0.39, 0.29) is 5.91 Å². The molecule has 2 aromatic rings.